The highest BCUT2D eigenvalue weighted by molar-refractivity contribution is 5.87. The number of nitrogens with zero attached hydrogens (tertiary/aromatic N) is 3. The van der Waals surface area contributed by atoms with Gasteiger partial charge in [0.1, 0.15) is 18.6 Å². The Bertz CT molecular complexity index is 657. The van der Waals surface area contributed by atoms with Crippen LogP contribution in [0.5, 0.6) is 0 Å². The van der Waals surface area contributed by atoms with Gasteiger partial charge in [-0.05, 0) is 6.07 Å². The number of hydrogen-bond acceptors (Lipinski definition) is 5. The second kappa shape index (κ2) is 4.97. The Kier molecular flexibility index (Phi) is 3.37. The molecule has 0 aliphatic rings. The average molecular weight is 263 g/mol. The molecule has 2 rings (SSSR count). The molecule has 2 aromatic heterocycles. The van der Waals surface area contributed by atoms with Gasteiger partial charge in [0.2, 0.25) is 0 Å². The predicted octanol–water partition coefficient (Wildman–Crippen LogP) is 0.649. The highest BCUT2D eigenvalue weighted by Crippen LogP contribution is 2.09. The second-order valence-electron chi connectivity index (χ2n) is 4.21. The third kappa shape index (κ3) is 2.82. The van der Waals surface area contributed by atoms with E-state index in [2.05, 4.69) is 5.10 Å². The average Bonchev–Trinajstić information content (AvgIpc) is 2.80. The number of anilines is 1. The molecule has 7 heteroatoms. The molecule has 2 heterocycles. The van der Waals surface area contributed by atoms with E-state index in [4.69, 9.17) is 9.52 Å². The number of carboxylic acids is 1. The smallest absolute Gasteiger partial charge is 0.338 e. The summed E-state index contributed by atoms with van der Waals surface area (Å²) >= 11 is 0. The van der Waals surface area contributed by atoms with E-state index in [0.717, 1.165) is 6.26 Å². The zero-order valence-electron chi connectivity index (χ0n) is 10.5. The van der Waals surface area contributed by atoms with Crippen LogP contribution in [0.3, 0.4) is 0 Å². The second-order valence-corrected chi connectivity index (χ2v) is 4.21. The van der Waals surface area contributed by atoms with Crippen LogP contribution >= 0.6 is 0 Å². The zero-order valence-corrected chi connectivity index (χ0v) is 10.5. The minimum absolute atomic E-state index is 0.0490. The van der Waals surface area contributed by atoms with Crippen molar-refractivity contribution >= 4 is 11.7 Å². The van der Waals surface area contributed by atoms with Crippen LogP contribution < -0.4 is 10.5 Å². The van der Waals surface area contributed by atoms with Crippen LogP contribution in [0, 0.1) is 0 Å². The first kappa shape index (κ1) is 12.9. The van der Waals surface area contributed by atoms with Crippen molar-refractivity contribution in [2.45, 2.75) is 6.54 Å². The Balaban J connectivity index is 2.23. The monoisotopic (exact) mass is 263 g/mol. The summed E-state index contributed by atoms with van der Waals surface area (Å²) in [7, 11) is 3.62. The van der Waals surface area contributed by atoms with E-state index in [1.165, 1.54) is 16.8 Å². The molecule has 2 aromatic rings. The van der Waals surface area contributed by atoms with Crippen molar-refractivity contribution < 1.29 is 14.3 Å². The van der Waals surface area contributed by atoms with E-state index in [9.17, 15) is 9.59 Å². The van der Waals surface area contributed by atoms with Crippen LogP contribution in [0.4, 0.5) is 5.69 Å². The topological polar surface area (TPSA) is 88.6 Å². The molecule has 0 aromatic carbocycles. The van der Waals surface area contributed by atoms with Gasteiger partial charge in [0.05, 0.1) is 17.4 Å². The van der Waals surface area contributed by atoms with Crippen LogP contribution in [0.2, 0.25) is 0 Å². The molecule has 0 fully saturated rings. The highest BCUT2D eigenvalue weighted by atomic mass is 16.4. The Morgan fingerprint density at radius 1 is 1.47 bits per heavy atom. The first-order valence-corrected chi connectivity index (χ1v) is 5.52. The summed E-state index contributed by atoms with van der Waals surface area (Å²) in [6.45, 7) is 0.0970. The summed E-state index contributed by atoms with van der Waals surface area (Å²) in [5, 5.41) is 12.8. The van der Waals surface area contributed by atoms with E-state index in [-0.39, 0.29) is 17.7 Å². The summed E-state index contributed by atoms with van der Waals surface area (Å²) in [6.07, 6.45) is 2.69. The minimum Gasteiger partial charge on any atom is -0.478 e. The Morgan fingerprint density at radius 3 is 2.74 bits per heavy atom. The van der Waals surface area contributed by atoms with Gasteiger partial charge in [0, 0.05) is 20.2 Å². The SMILES string of the molecule is CN(C)c1cnn(Cc2cc(C(=O)O)co2)c(=O)c1. The van der Waals surface area contributed by atoms with Crippen LogP contribution in [-0.4, -0.2) is 35.0 Å². The maximum absolute atomic E-state index is 11.8. The van der Waals surface area contributed by atoms with Crippen LogP contribution in [0.25, 0.3) is 0 Å². The minimum atomic E-state index is -1.07. The summed E-state index contributed by atoms with van der Waals surface area (Å²) < 4.78 is 6.28. The van der Waals surface area contributed by atoms with Crippen LogP contribution in [0.1, 0.15) is 16.1 Å². The third-order valence-electron chi connectivity index (χ3n) is 2.58. The lowest BCUT2D eigenvalue weighted by Gasteiger charge is -2.11. The fourth-order valence-corrected chi connectivity index (χ4v) is 1.51. The van der Waals surface area contributed by atoms with Crippen molar-refractivity contribution in [3.63, 3.8) is 0 Å². The molecule has 7 nitrogen and oxygen atoms in total. The van der Waals surface area contributed by atoms with E-state index in [1.54, 1.807) is 11.1 Å². The molecule has 0 saturated heterocycles. The van der Waals surface area contributed by atoms with E-state index in [1.807, 2.05) is 14.1 Å². The van der Waals surface area contributed by atoms with Crippen LogP contribution in [0.15, 0.2) is 33.8 Å². The highest BCUT2D eigenvalue weighted by Gasteiger charge is 2.10. The van der Waals surface area contributed by atoms with Gasteiger partial charge in [-0.25, -0.2) is 9.48 Å². The third-order valence-corrected chi connectivity index (χ3v) is 2.58. The molecule has 0 radical (unpaired) electrons. The molecule has 0 saturated carbocycles. The number of carbonyl (C=O) groups is 1. The lowest BCUT2D eigenvalue weighted by Crippen LogP contribution is -2.24. The summed E-state index contributed by atoms with van der Waals surface area (Å²) in [6, 6.07) is 2.82. The van der Waals surface area contributed by atoms with Crippen LogP contribution in [-0.2, 0) is 6.54 Å². The molecule has 0 aliphatic carbocycles. The van der Waals surface area contributed by atoms with Gasteiger partial charge >= 0.3 is 5.97 Å². The molecule has 0 unspecified atom stereocenters. The number of carboxylic acid groups (broad SMARTS) is 1. The number of hydrogen-bond donors (Lipinski definition) is 1. The fraction of sp³-hybridized carbons (Fsp3) is 0.250. The Hall–Kier alpha value is -2.57. The van der Waals surface area contributed by atoms with Crippen molar-refractivity contribution in [2.24, 2.45) is 0 Å². The standard InChI is InChI=1S/C12H13N3O4/c1-14(2)9-4-11(16)15(13-5-9)6-10-3-8(7-19-10)12(17)18/h3-5,7H,6H2,1-2H3,(H,17,18). The molecule has 19 heavy (non-hydrogen) atoms. The molecule has 0 bridgehead atoms. The molecule has 1 N–H and O–H groups in total. The summed E-state index contributed by atoms with van der Waals surface area (Å²) in [4.78, 5) is 24.3. The number of furan rings is 1. The van der Waals surface area contributed by atoms with Gasteiger partial charge in [-0.15, -0.1) is 0 Å². The van der Waals surface area contributed by atoms with Crippen molar-refractivity contribution in [3.05, 3.63) is 46.3 Å². The first-order valence-electron chi connectivity index (χ1n) is 5.52. The Labute approximate surface area is 108 Å². The van der Waals surface area contributed by atoms with Gasteiger partial charge in [0.25, 0.3) is 5.56 Å². The zero-order chi connectivity index (χ0) is 14.0. The fourth-order valence-electron chi connectivity index (χ4n) is 1.51. The number of rotatable bonds is 4. The maximum Gasteiger partial charge on any atom is 0.338 e. The predicted molar refractivity (Wildman–Crippen MR) is 67.6 cm³/mol. The normalized spacial score (nSPS) is 10.4. The van der Waals surface area contributed by atoms with Crippen molar-refractivity contribution in [2.75, 3.05) is 19.0 Å². The van der Waals surface area contributed by atoms with Gasteiger partial charge < -0.3 is 14.4 Å². The van der Waals surface area contributed by atoms with Gasteiger partial charge in [-0.2, -0.15) is 5.10 Å². The number of aromatic carboxylic acids is 1. The van der Waals surface area contributed by atoms with Gasteiger partial charge in [-0.1, -0.05) is 0 Å². The molecule has 0 aliphatic heterocycles. The van der Waals surface area contributed by atoms with Crippen molar-refractivity contribution in [1.29, 1.82) is 0 Å². The molecule has 100 valence electrons. The van der Waals surface area contributed by atoms with Gasteiger partial charge in [-0.3, -0.25) is 4.79 Å². The lowest BCUT2D eigenvalue weighted by molar-refractivity contribution is 0.0696. The summed E-state index contributed by atoms with van der Waals surface area (Å²) in [5.41, 5.74) is 0.472. The van der Waals surface area contributed by atoms with E-state index >= 15 is 0 Å². The lowest BCUT2D eigenvalue weighted by atomic mass is 10.3. The molecular formula is C12H13N3O4. The first-order chi connectivity index (χ1) is 8.97. The molecular weight excluding hydrogens is 250 g/mol. The quantitative estimate of drug-likeness (QED) is 0.871. The van der Waals surface area contributed by atoms with Crippen molar-refractivity contribution in [3.8, 4) is 0 Å². The van der Waals surface area contributed by atoms with Gasteiger partial charge in [0.15, 0.2) is 0 Å². The maximum atomic E-state index is 11.8. The van der Waals surface area contributed by atoms with Crippen molar-refractivity contribution in [1.82, 2.24) is 9.78 Å². The largest absolute Gasteiger partial charge is 0.478 e. The molecule has 0 spiro atoms. The Morgan fingerprint density at radius 2 is 2.21 bits per heavy atom. The number of aromatic nitrogens is 2. The molecule has 0 atom stereocenters. The molecule has 0 amide bonds. The van der Waals surface area contributed by atoms with E-state index < -0.39 is 5.97 Å². The van der Waals surface area contributed by atoms with E-state index in [0.29, 0.717) is 11.4 Å². The summed E-state index contributed by atoms with van der Waals surface area (Å²) in [5.74, 6) is -0.706.